The van der Waals surface area contributed by atoms with E-state index >= 15 is 0 Å². The van der Waals surface area contributed by atoms with Crippen molar-refractivity contribution >= 4 is 21.6 Å². The first-order valence-corrected chi connectivity index (χ1v) is 13.1. The predicted molar refractivity (Wildman–Crippen MR) is 132 cm³/mol. The minimum absolute atomic E-state index is 0.0383. The van der Waals surface area contributed by atoms with Crippen LogP contribution in [0.3, 0.4) is 0 Å². The van der Waals surface area contributed by atoms with Gasteiger partial charge in [-0.1, -0.05) is 24.6 Å². The quantitative estimate of drug-likeness (QED) is 0.544. The topological polar surface area (TPSA) is 84.7 Å². The zero-order chi connectivity index (χ0) is 24.1. The van der Waals surface area contributed by atoms with Crippen LogP contribution in [0.1, 0.15) is 36.0 Å². The zero-order valence-electron chi connectivity index (χ0n) is 19.3. The summed E-state index contributed by atoms with van der Waals surface area (Å²) >= 11 is 0. The van der Waals surface area contributed by atoms with Gasteiger partial charge in [-0.25, -0.2) is 8.42 Å². The number of hydrogen-bond acceptors (Lipinski definition) is 5. The van der Waals surface area contributed by atoms with Crippen LogP contribution in [0, 0.1) is 11.3 Å². The number of carbonyl (C=O) groups excluding carboxylic acids is 1. The molecule has 2 heterocycles. The van der Waals surface area contributed by atoms with Gasteiger partial charge < -0.3 is 4.90 Å². The fourth-order valence-corrected chi connectivity index (χ4v) is 6.26. The van der Waals surface area contributed by atoms with Crippen molar-refractivity contribution in [2.45, 2.75) is 37.1 Å². The molecule has 0 saturated carbocycles. The Bertz CT molecular complexity index is 1210. The van der Waals surface area contributed by atoms with Crippen LogP contribution in [-0.4, -0.2) is 56.3 Å². The van der Waals surface area contributed by atoms with Crippen molar-refractivity contribution in [3.05, 3.63) is 71.8 Å². The highest BCUT2D eigenvalue weighted by atomic mass is 32.2. The Balaban J connectivity index is 1.47. The Hall–Kier alpha value is -2.99. The van der Waals surface area contributed by atoms with E-state index in [9.17, 15) is 13.2 Å². The largest absolute Gasteiger partial charge is 0.311 e. The van der Waals surface area contributed by atoms with Gasteiger partial charge in [-0.05, 0) is 60.7 Å². The van der Waals surface area contributed by atoms with Crippen molar-refractivity contribution in [3.63, 3.8) is 0 Å². The van der Waals surface area contributed by atoms with Gasteiger partial charge in [0.2, 0.25) is 15.9 Å². The van der Waals surface area contributed by atoms with Gasteiger partial charge in [0.25, 0.3) is 0 Å². The van der Waals surface area contributed by atoms with Crippen LogP contribution in [0.25, 0.3) is 0 Å². The highest BCUT2D eigenvalue weighted by Crippen LogP contribution is 2.32. The minimum atomic E-state index is -3.50. The van der Waals surface area contributed by atoms with Crippen molar-refractivity contribution in [1.82, 2.24) is 9.21 Å². The summed E-state index contributed by atoms with van der Waals surface area (Å²) in [6.45, 7) is 6.75. The van der Waals surface area contributed by atoms with E-state index in [1.165, 1.54) is 0 Å². The van der Waals surface area contributed by atoms with Crippen LogP contribution >= 0.6 is 0 Å². The van der Waals surface area contributed by atoms with Gasteiger partial charge in [0.05, 0.1) is 23.1 Å². The van der Waals surface area contributed by atoms with Crippen molar-refractivity contribution in [2.75, 3.05) is 37.6 Å². The van der Waals surface area contributed by atoms with E-state index in [1.807, 2.05) is 23.1 Å². The number of benzene rings is 2. The van der Waals surface area contributed by atoms with Crippen molar-refractivity contribution in [2.24, 2.45) is 0 Å². The number of anilines is 1. The molecular formula is C26H30N4O3S. The molecule has 4 rings (SSSR count). The van der Waals surface area contributed by atoms with E-state index in [-0.39, 0.29) is 12.5 Å². The van der Waals surface area contributed by atoms with Gasteiger partial charge >= 0.3 is 0 Å². The van der Waals surface area contributed by atoms with E-state index in [1.54, 1.807) is 39.5 Å². The molecule has 2 aliphatic rings. The third kappa shape index (κ3) is 5.22. The molecule has 0 aromatic heterocycles. The molecule has 178 valence electrons. The van der Waals surface area contributed by atoms with E-state index < -0.39 is 10.0 Å². The number of hydrogen-bond donors (Lipinski definition) is 0. The zero-order valence-corrected chi connectivity index (χ0v) is 20.1. The molecule has 0 bridgehead atoms. The first-order valence-electron chi connectivity index (χ1n) is 11.7. The molecule has 1 saturated heterocycles. The summed E-state index contributed by atoms with van der Waals surface area (Å²) in [6.07, 6.45) is 5.26. The SMILES string of the molecule is C=CCN(CC(=O)N1CCc2cc(S(=O)(=O)N3CCCCC3)ccc21)Cc1cccc(C#N)c1. The fraction of sp³-hybridized carbons (Fsp3) is 0.385. The molecule has 2 aromatic carbocycles. The highest BCUT2D eigenvalue weighted by molar-refractivity contribution is 7.89. The molecule has 0 unspecified atom stereocenters. The van der Waals surface area contributed by atoms with Crippen molar-refractivity contribution < 1.29 is 13.2 Å². The number of rotatable bonds is 8. The maximum absolute atomic E-state index is 13.2. The summed E-state index contributed by atoms with van der Waals surface area (Å²) in [4.78, 5) is 17.2. The lowest BCUT2D eigenvalue weighted by atomic mass is 10.1. The van der Waals surface area contributed by atoms with Gasteiger partial charge in [-0.3, -0.25) is 9.69 Å². The van der Waals surface area contributed by atoms with Crippen LogP contribution in [0.5, 0.6) is 0 Å². The first kappa shape index (κ1) is 24.1. The Kier molecular flexibility index (Phi) is 7.47. The number of fused-ring (bicyclic) bond motifs is 1. The number of carbonyl (C=O) groups is 1. The van der Waals surface area contributed by atoms with E-state index in [2.05, 4.69) is 12.6 Å². The van der Waals surface area contributed by atoms with Crippen LogP contribution < -0.4 is 4.90 Å². The van der Waals surface area contributed by atoms with Crippen molar-refractivity contribution in [1.29, 1.82) is 5.26 Å². The lowest BCUT2D eigenvalue weighted by Gasteiger charge is -2.26. The normalized spacial score (nSPS) is 16.3. The molecule has 0 spiro atoms. The van der Waals surface area contributed by atoms with Crippen LogP contribution in [0.4, 0.5) is 5.69 Å². The highest BCUT2D eigenvalue weighted by Gasteiger charge is 2.30. The maximum Gasteiger partial charge on any atom is 0.243 e. The standard InChI is InChI=1S/C26H30N4O3S/c1-2-12-28(19-22-8-6-7-21(16-22)18-27)20-26(31)30-15-11-23-17-24(9-10-25(23)30)34(32,33)29-13-4-3-5-14-29/h2,6-10,16-17H,1,3-5,11-15,19-20H2. The minimum Gasteiger partial charge on any atom is -0.311 e. The molecule has 2 aromatic rings. The van der Waals surface area contributed by atoms with Gasteiger partial charge in [0, 0.05) is 38.4 Å². The molecule has 2 aliphatic heterocycles. The summed E-state index contributed by atoms with van der Waals surface area (Å²) in [5.74, 6) is -0.0383. The van der Waals surface area contributed by atoms with Gasteiger partial charge in [-0.2, -0.15) is 9.57 Å². The Morgan fingerprint density at radius 3 is 2.65 bits per heavy atom. The van der Waals surface area contributed by atoms with Crippen LogP contribution in [-0.2, 0) is 27.8 Å². The average Bonchev–Trinajstić information content (AvgIpc) is 3.28. The lowest BCUT2D eigenvalue weighted by Crippen LogP contribution is -2.39. The van der Waals surface area contributed by atoms with Crippen molar-refractivity contribution in [3.8, 4) is 6.07 Å². The lowest BCUT2D eigenvalue weighted by molar-refractivity contribution is -0.119. The summed E-state index contributed by atoms with van der Waals surface area (Å²) in [5, 5.41) is 9.14. The molecular weight excluding hydrogens is 448 g/mol. The molecule has 1 fully saturated rings. The molecule has 1 amide bonds. The number of amides is 1. The molecule has 0 radical (unpaired) electrons. The fourth-order valence-electron chi connectivity index (χ4n) is 4.69. The third-order valence-corrected chi connectivity index (χ3v) is 8.30. The Labute approximate surface area is 201 Å². The van der Waals surface area contributed by atoms with E-state index in [0.29, 0.717) is 49.6 Å². The Morgan fingerprint density at radius 1 is 1.12 bits per heavy atom. The van der Waals surface area contributed by atoms with E-state index in [0.717, 1.165) is 36.1 Å². The van der Waals surface area contributed by atoms with E-state index in [4.69, 9.17) is 5.26 Å². The second-order valence-electron chi connectivity index (χ2n) is 8.82. The van der Waals surface area contributed by atoms with Gasteiger partial charge in [0.15, 0.2) is 0 Å². The number of nitriles is 1. The smallest absolute Gasteiger partial charge is 0.243 e. The molecule has 7 nitrogen and oxygen atoms in total. The number of piperidine rings is 1. The summed E-state index contributed by atoms with van der Waals surface area (Å²) in [7, 11) is -3.50. The van der Waals surface area contributed by atoms with Crippen LogP contribution in [0.2, 0.25) is 0 Å². The second-order valence-corrected chi connectivity index (χ2v) is 10.8. The first-order chi connectivity index (χ1) is 16.4. The van der Waals surface area contributed by atoms with Gasteiger partial charge in [-0.15, -0.1) is 6.58 Å². The molecule has 0 N–H and O–H groups in total. The molecule has 0 aliphatic carbocycles. The van der Waals surface area contributed by atoms with Crippen LogP contribution in [0.15, 0.2) is 60.0 Å². The maximum atomic E-state index is 13.2. The predicted octanol–water partition coefficient (Wildman–Crippen LogP) is 3.31. The number of sulfonamides is 1. The Morgan fingerprint density at radius 2 is 1.91 bits per heavy atom. The summed E-state index contributed by atoms with van der Waals surface area (Å²) < 4.78 is 27.7. The third-order valence-electron chi connectivity index (χ3n) is 6.41. The number of nitrogens with zero attached hydrogens (tertiary/aromatic N) is 4. The average molecular weight is 479 g/mol. The van der Waals surface area contributed by atoms with Gasteiger partial charge in [0.1, 0.15) is 0 Å². The molecule has 8 heteroatoms. The molecule has 34 heavy (non-hydrogen) atoms. The summed E-state index contributed by atoms with van der Waals surface area (Å²) in [6, 6.07) is 14.6. The summed E-state index contributed by atoms with van der Waals surface area (Å²) in [5.41, 5.74) is 3.23. The second kappa shape index (κ2) is 10.5. The molecule has 0 atom stereocenters. The monoisotopic (exact) mass is 478 g/mol.